The third kappa shape index (κ3) is 5.88. The Morgan fingerprint density at radius 2 is 0.895 bits per heavy atom. The third-order valence-electron chi connectivity index (χ3n) is 8.01. The molecule has 0 radical (unpaired) electrons. The maximum absolute atomic E-state index is 6.24. The summed E-state index contributed by atoms with van der Waals surface area (Å²) in [6.45, 7) is 5.18. The fourth-order valence-electron chi connectivity index (χ4n) is 5.36. The maximum atomic E-state index is 6.24. The summed E-state index contributed by atoms with van der Waals surface area (Å²) in [5.74, 6) is 3.07. The molecule has 1 aliphatic carbocycles. The van der Waals surface area contributed by atoms with Gasteiger partial charge in [-0.2, -0.15) is 0 Å². The van der Waals surface area contributed by atoms with Gasteiger partial charge in [-0.1, -0.05) is 31.4 Å². The van der Waals surface area contributed by atoms with Gasteiger partial charge in [0.25, 0.3) is 0 Å². The lowest BCUT2D eigenvalue weighted by atomic mass is 9.65. The Hall–Kier alpha value is -2.52. The van der Waals surface area contributed by atoms with Crippen LogP contribution in [0, 0.1) is 0 Å². The van der Waals surface area contributed by atoms with E-state index in [4.69, 9.17) is 37.9 Å². The molecular formula is C30H36O8. The second-order valence-electron chi connectivity index (χ2n) is 11.0. The second kappa shape index (κ2) is 10.6. The van der Waals surface area contributed by atoms with E-state index in [0.717, 1.165) is 62.3 Å². The molecule has 38 heavy (non-hydrogen) atoms. The van der Waals surface area contributed by atoms with Crippen LogP contribution in [0.1, 0.15) is 43.2 Å². The van der Waals surface area contributed by atoms with Crippen LogP contribution in [0.15, 0.2) is 36.4 Å². The number of epoxide rings is 4. The molecule has 4 heterocycles. The normalized spacial score (nSPS) is 28.3. The van der Waals surface area contributed by atoms with Gasteiger partial charge < -0.3 is 37.9 Å². The Morgan fingerprint density at radius 3 is 1.26 bits per heavy atom. The lowest BCUT2D eigenvalue weighted by Gasteiger charge is -2.39. The van der Waals surface area contributed by atoms with E-state index in [9.17, 15) is 0 Å². The van der Waals surface area contributed by atoms with Crippen molar-refractivity contribution >= 4 is 0 Å². The molecule has 8 nitrogen and oxygen atoms in total. The molecule has 204 valence electrons. The van der Waals surface area contributed by atoms with Crippen LogP contribution >= 0.6 is 0 Å². The molecule has 5 fully saturated rings. The number of hydrogen-bond acceptors (Lipinski definition) is 8. The summed E-state index contributed by atoms with van der Waals surface area (Å²) in [6, 6.07) is 12.9. The standard InChI is InChI=1S/C30H36O8/c1-2-8-30(9-3-1,20-4-6-26(35-16-22-12-31-22)28(10-20)37-18-24-14-33-24)21-5-7-27(36-17-23-13-32-23)29(11-21)38-19-25-15-34-25/h4-7,10-11,22-25H,1-3,8-9,12-19H2. The summed E-state index contributed by atoms with van der Waals surface area (Å²) in [5, 5.41) is 0. The van der Waals surface area contributed by atoms with Crippen LogP contribution in [0.4, 0.5) is 0 Å². The number of hydrogen-bond donors (Lipinski definition) is 0. The van der Waals surface area contributed by atoms with Crippen LogP contribution in [0.5, 0.6) is 23.0 Å². The molecule has 8 heteroatoms. The molecule has 1 saturated carbocycles. The van der Waals surface area contributed by atoms with E-state index in [-0.39, 0.29) is 29.8 Å². The monoisotopic (exact) mass is 524 g/mol. The predicted octanol–water partition coefficient (Wildman–Crippen LogP) is 4.05. The van der Waals surface area contributed by atoms with Gasteiger partial charge in [-0.25, -0.2) is 0 Å². The quantitative estimate of drug-likeness (QED) is 0.342. The summed E-state index contributed by atoms with van der Waals surface area (Å²) in [4.78, 5) is 0. The van der Waals surface area contributed by atoms with Gasteiger partial charge >= 0.3 is 0 Å². The lowest BCUT2D eigenvalue weighted by molar-refractivity contribution is 0.226. The zero-order valence-corrected chi connectivity index (χ0v) is 21.7. The maximum Gasteiger partial charge on any atom is 0.161 e. The van der Waals surface area contributed by atoms with Gasteiger partial charge in [0, 0.05) is 5.41 Å². The highest BCUT2D eigenvalue weighted by atomic mass is 16.6. The molecule has 0 spiro atoms. The number of benzene rings is 2. The van der Waals surface area contributed by atoms with Gasteiger partial charge in [0.05, 0.1) is 26.4 Å². The first kappa shape index (κ1) is 24.5. The SMILES string of the molecule is c1cc(OCC2CO2)c(OCC2CO2)cc1C1(c2ccc(OCC3CO3)c(OCC3CO3)c2)CCCCC1. The van der Waals surface area contributed by atoms with E-state index >= 15 is 0 Å². The largest absolute Gasteiger partial charge is 0.487 e. The molecule has 0 bridgehead atoms. The van der Waals surface area contributed by atoms with Crippen LogP contribution in [-0.2, 0) is 24.4 Å². The van der Waals surface area contributed by atoms with E-state index in [1.54, 1.807) is 0 Å². The first-order valence-electron chi connectivity index (χ1n) is 14.0. The molecule has 2 aromatic rings. The minimum Gasteiger partial charge on any atom is -0.487 e. The van der Waals surface area contributed by atoms with Gasteiger partial charge in [-0.15, -0.1) is 0 Å². The number of rotatable bonds is 14. The van der Waals surface area contributed by atoms with Crippen molar-refractivity contribution in [2.24, 2.45) is 0 Å². The highest BCUT2D eigenvalue weighted by Crippen LogP contribution is 2.48. The van der Waals surface area contributed by atoms with Crippen LogP contribution in [0.3, 0.4) is 0 Å². The molecule has 4 saturated heterocycles. The Morgan fingerprint density at radius 1 is 0.526 bits per heavy atom. The van der Waals surface area contributed by atoms with E-state index in [1.165, 1.54) is 30.4 Å². The minimum absolute atomic E-state index is 0.142. The zero-order valence-electron chi connectivity index (χ0n) is 21.7. The van der Waals surface area contributed by atoms with E-state index in [1.807, 2.05) is 0 Å². The van der Waals surface area contributed by atoms with E-state index in [0.29, 0.717) is 26.4 Å². The number of ether oxygens (including phenoxy) is 8. The van der Waals surface area contributed by atoms with Crippen molar-refractivity contribution in [1.82, 2.24) is 0 Å². The van der Waals surface area contributed by atoms with Crippen molar-refractivity contribution in [2.75, 3.05) is 52.9 Å². The second-order valence-corrected chi connectivity index (χ2v) is 11.0. The molecule has 0 N–H and O–H groups in total. The fourth-order valence-corrected chi connectivity index (χ4v) is 5.36. The Balaban J connectivity index is 1.20. The van der Waals surface area contributed by atoms with E-state index < -0.39 is 0 Å². The first-order valence-corrected chi connectivity index (χ1v) is 14.0. The van der Waals surface area contributed by atoms with Crippen LogP contribution in [0.2, 0.25) is 0 Å². The molecule has 7 rings (SSSR count). The smallest absolute Gasteiger partial charge is 0.161 e. The van der Waals surface area contributed by atoms with Crippen molar-refractivity contribution in [2.45, 2.75) is 61.9 Å². The van der Waals surface area contributed by atoms with Crippen molar-refractivity contribution in [3.63, 3.8) is 0 Å². The molecular weight excluding hydrogens is 488 g/mol. The molecule has 4 unspecified atom stereocenters. The summed E-state index contributed by atoms with van der Waals surface area (Å²) >= 11 is 0. The van der Waals surface area contributed by atoms with Crippen LogP contribution in [0.25, 0.3) is 0 Å². The minimum atomic E-state index is -0.142. The van der Waals surface area contributed by atoms with Crippen LogP contribution in [-0.4, -0.2) is 77.3 Å². The van der Waals surface area contributed by atoms with Gasteiger partial charge in [0.2, 0.25) is 0 Å². The lowest BCUT2D eigenvalue weighted by Crippen LogP contribution is -2.30. The first-order chi connectivity index (χ1) is 18.7. The van der Waals surface area contributed by atoms with Gasteiger partial charge in [0.15, 0.2) is 23.0 Å². The van der Waals surface area contributed by atoms with Gasteiger partial charge in [-0.3, -0.25) is 0 Å². The molecule has 0 amide bonds. The molecule has 0 aromatic heterocycles. The van der Waals surface area contributed by atoms with Crippen molar-refractivity contribution in [3.05, 3.63) is 47.5 Å². The average molecular weight is 525 g/mol. The average Bonchev–Trinajstić information content (AvgIpc) is 3.79. The summed E-state index contributed by atoms with van der Waals surface area (Å²) in [7, 11) is 0. The van der Waals surface area contributed by atoms with Crippen molar-refractivity contribution < 1.29 is 37.9 Å². The molecule has 2 aromatic carbocycles. The highest BCUT2D eigenvalue weighted by Gasteiger charge is 2.38. The summed E-state index contributed by atoms with van der Waals surface area (Å²) in [5.41, 5.74) is 2.35. The Labute approximate surface area is 223 Å². The van der Waals surface area contributed by atoms with E-state index in [2.05, 4.69) is 36.4 Å². The Bertz CT molecular complexity index is 1030. The molecule has 4 aliphatic heterocycles. The van der Waals surface area contributed by atoms with Gasteiger partial charge in [0.1, 0.15) is 50.8 Å². The highest BCUT2D eigenvalue weighted by molar-refractivity contribution is 5.53. The molecule has 4 atom stereocenters. The zero-order chi connectivity index (χ0) is 25.4. The van der Waals surface area contributed by atoms with Crippen molar-refractivity contribution in [3.8, 4) is 23.0 Å². The topological polar surface area (TPSA) is 87.0 Å². The summed E-state index contributed by atoms with van der Waals surface area (Å²) < 4.78 is 46.1. The van der Waals surface area contributed by atoms with Crippen LogP contribution < -0.4 is 18.9 Å². The fraction of sp³-hybridized carbons (Fsp3) is 0.600. The predicted molar refractivity (Wildman–Crippen MR) is 138 cm³/mol. The summed E-state index contributed by atoms with van der Waals surface area (Å²) in [6.07, 6.45) is 6.44. The third-order valence-corrected chi connectivity index (χ3v) is 8.01. The molecule has 5 aliphatic rings. The van der Waals surface area contributed by atoms with Crippen molar-refractivity contribution in [1.29, 1.82) is 0 Å². The Kier molecular flexibility index (Phi) is 6.82. The van der Waals surface area contributed by atoms with Gasteiger partial charge in [-0.05, 0) is 48.2 Å².